The minimum Gasteiger partial charge on any atom is -0.393 e. The molecule has 2 heterocycles. The maximum absolute atomic E-state index is 12.5. The number of carbonyl (C=O) groups excluding carboxylic acids is 1. The van der Waals surface area contributed by atoms with Crippen LogP contribution in [0.4, 0.5) is 0 Å². The molecule has 1 atom stereocenters. The average molecular weight is 359 g/mol. The number of nitrogens with zero attached hydrogens (tertiary/aromatic N) is 3. The molecular formula is C18H25N5O3. The summed E-state index contributed by atoms with van der Waals surface area (Å²) >= 11 is 0. The summed E-state index contributed by atoms with van der Waals surface area (Å²) in [5.74, 6) is 0.154. The molecular weight excluding hydrogens is 334 g/mol. The third-order valence-corrected chi connectivity index (χ3v) is 5.08. The number of aliphatic hydroxyl groups excluding tert-OH is 1. The second kappa shape index (κ2) is 7.41. The normalized spacial score (nSPS) is 20.5. The quantitative estimate of drug-likeness (QED) is 0.702. The molecule has 0 aliphatic heterocycles. The number of aryl methyl sites for hydroxylation is 3. The second-order valence-electron chi connectivity index (χ2n) is 7.11. The van der Waals surface area contributed by atoms with Crippen LogP contribution in [0.5, 0.6) is 0 Å². The van der Waals surface area contributed by atoms with Gasteiger partial charge in [-0.15, -0.1) is 0 Å². The zero-order chi connectivity index (χ0) is 18.8. The van der Waals surface area contributed by atoms with Crippen LogP contribution in [0.3, 0.4) is 0 Å². The molecule has 2 aromatic rings. The van der Waals surface area contributed by atoms with Gasteiger partial charge in [0.1, 0.15) is 0 Å². The van der Waals surface area contributed by atoms with Gasteiger partial charge >= 0.3 is 5.69 Å². The van der Waals surface area contributed by atoms with E-state index in [1.807, 2.05) is 20.2 Å². The van der Waals surface area contributed by atoms with Crippen LogP contribution in [0.2, 0.25) is 0 Å². The van der Waals surface area contributed by atoms with Crippen molar-refractivity contribution in [2.24, 2.45) is 13.0 Å². The zero-order valence-electron chi connectivity index (χ0n) is 15.3. The van der Waals surface area contributed by atoms with Crippen molar-refractivity contribution >= 4 is 5.91 Å². The van der Waals surface area contributed by atoms with Gasteiger partial charge < -0.3 is 15.4 Å². The predicted octanol–water partition coefficient (Wildman–Crippen LogP) is 0.681. The molecule has 1 unspecified atom stereocenters. The van der Waals surface area contributed by atoms with Crippen LogP contribution in [0.15, 0.2) is 17.2 Å². The van der Waals surface area contributed by atoms with Crippen LogP contribution >= 0.6 is 0 Å². The SMILES string of the molecule is Cc1nc(=O)[nH]c(C)c1CCC(=O)NC(c1cnn(C)c1)C1CC(O)C1. The van der Waals surface area contributed by atoms with Crippen LogP contribution in [-0.4, -0.2) is 36.9 Å². The highest BCUT2D eigenvalue weighted by atomic mass is 16.3. The lowest BCUT2D eigenvalue weighted by Crippen LogP contribution is -2.41. The van der Waals surface area contributed by atoms with E-state index in [1.54, 1.807) is 17.8 Å². The maximum atomic E-state index is 12.5. The van der Waals surface area contributed by atoms with Gasteiger partial charge in [0.15, 0.2) is 0 Å². The molecule has 3 N–H and O–H groups in total. The van der Waals surface area contributed by atoms with Gasteiger partial charge in [-0.2, -0.15) is 10.1 Å². The number of amides is 1. The van der Waals surface area contributed by atoms with Crippen molar-refractivity contribution < 1.29 is 9.90 Å². The molecule has 0 radical (unpaired) electrons. The summed E-state index contributed by atoms with van der Waals surface area (Å²) in [7, 11) is 1.84. The number of nitrogens with one attached hydrogen (secondary N) is 2. The largest absolute Gasteiger partial charge is 0.393 e. The van der Waals surface area contributed by atoms with Crippen molar-refractivity contribution in [1.29, 1.82) is 0 Å². The lowest BCUT2D eigenvalue weighted by Gasteiger charge is -2.37. The number of hydrogen-bond acceptors (Lipinski definition) is 5. The van der Waals surface area contributed by atoms with Crippen molar-refractivity contribution in [2.75, 3.05) is 0 Å². The summed E-state index contributed by atoms with van der Waals surface area (Å²) < 4.78 is 1.71. The third-order valence-electron chi connectivity index (χ3n) is 5.08. The minimum atomic E-state index is -0.367. The molecule has 26 heavy (non-hydrogen) atoms. The van der Waals surface area contributed by atoms with E-state index in [0.717, 1.165) is 16.8 Å². The van der Waals surface area contributed by atoms with Gasteiger partial charge in [-0.05, 0) is 44.6 Å². The summed E-state index contributed by atoms with van der Waals surface area (Å²) in [5, 5.41) is 16.9. The van der Waals surface area contributed by atoms with Gasteiger partial charge in [0.25, 0.3) is 0 Å². The average Bonchev–Trinajstić information content (AvgIpc) is 2.95. The Bertz CT molecular complexity index is 825. The third kappa shape index (κ3) is 4.01. The minimum absolute atomic E-state index is 0.0646. The van der Waals surface area contributed by atoms with Crippen LogP contribution < -0.4 is 11.0 Å². The molecule has 1 aliphatic rings. The van der Waals surface area contributed by atoms with Crippen molar-refractivity contribution in [1.82, 2.24) is 25.1 Å². The zero-order valence-corrected chi connectivity index (χ0v) is 15.3. The Morgan fingerprint density at radius 2 is 2.19 bits per heavy atom. The lowest BCUT2D eigenvalue weighted by atomic mass is 9.75. The highest BCUT2D eigenvalue weighted by molar-refractivity contribution is 5.76. The van der Waals surface area contributed by atoms with E-state index in [-0.39, 0.29) is 29.7 Å². The van der Waals surface area contributed by atoms with Gasteiger partial charge in [-0.1, -0.05) is 0 Å². The highest BCUT2D eigenvalue weighted by Gasteiger charge is 2.36. The number of aromatic amines is 1. The van der Waals surface area contributed by atoms with Gasteiger partial charge in [0, 0.05) is 36.6 Å². The van der Waals surface area contributed by atoms with E-state index < -0.39 is 0 Å². The fourth-order valence-electron chi connectivity index (χ4n) is 3.58. The van der Waals surface area contributed by atoms with E-state index in [1.165, 1.54) is 0 Å². The predicted molar refractivity (Wildman–Crippen MR) is 95.5 cm³/mol. The molecule has 1 fully saturated rings. The number of rotatable bonds is 6. The number of aliphatic hydroxyl groups is 1. The summed E-state index contributed by atoms with van der Waals surface area (Å²) in [6.45, 7) is 3.60. The summed E-state index contributed by atoms with van der Waals surface area (Å²) in [4.78, 5) is 30.5. The second-order valence-corrected chi connectivity index (χ2v) is 7.11. The molecule has 1 saturated carbocycles. The summed E-state index contributed by atoms with van der Waals surface area (Å²) in [6, 6.07) is -0.143. The molecule has 0 bridgehead atoms. The summed E-state index contributed by atoms with van der Waals surface area (Å²) in [6.07, 6.45) is 5.56. The van der Waals surface area contributed by atoms with Gasteiger partial charge in [0.2, 0.25) is 5.91 Å². The Balaban J connectivity index is 1.66. The van der Waals surface area contributed by atoms with Crippen LogP contribution in [0.25, 0.3) is 0 Å². The standard InChI is InChI=1S/C18H25N5O3/c1-10-15(11(2)21-18(26)20-10)4-5-16(25)22-17(12-6-14(24)7-12)13-8-19-23(3)9-13/h8-9,12,14,17,24H,4-7H2,1-3H3,(H,22,25)(H,20,21,26). The van der Waals surface area contributed by atoms with E-state index in [4.69, 9.17) is 0 Å². The van der Waals surface area contributed by atoms with Crippen LogP contribution in [0.1, 0.15) is 47.8 Å². The topological polar surface area (TPSA) is 113 Å². The number of aromatic nitrogens is 4. The molecule has 0 aromatic carbocycles. The van der Waals surface area contributed by atoms with E-state index in [0.29, 0.717) is 31.4 Å². The van der Waals surface area contributed by atoms with Crippen molar-refractivity contribution in [2.45, 2.75) is 51.7 Å². The van der Waals surface area contributed by atoms with Crippen LogP contribution in [0, 0.1) is 19.8 Å². The van der Waals surface area contributed by atoms with Gasteiger partial charge in [-0.3, -0.25) is 9.48 Å². The monoisotopic (exact) mass is 359 g/mol. The Hall–Kier alpha value is -2.48. The van der Waals surface area contributed by atoms with Gasteiger partial charge in [-0.25, -0.2) is 4.79 Å². The summed E-state index contributed by atoms with van der Waals surface area (Å²) in [5.41, 5.74) is 2.90. The molecule has 1 amide bonds. The molecule has 0 saturated heterocycles. The number of H-pyrrole nitrogens is 1. The van der Waals surface area contributed by atoms with Crippen LogP contribution in [-0.2, 0) is 18.3 Å². The first-order valence-electron chi connectivity index (χ1n) is 8.86. The first-order valence-corrected chi connectivity index (χ1v) is 8.86. The molecule has 3 rings (SSSR count). The maximum Gasteiger partial charge on any atom is 0.345 e. The van der Waals surface area contributed by atoms with E-state index in [9.17, 15) is 14.7 Å². The van der Waals surface area contributed by atoms with Crippen molar-refractivity contribution in [3.05, 3.63) is 45.4 Å². The van der Waals surface area contributed by atoms with Crippen molar-refractivity contribution in [3.8, 4) is 0 Å². The number of carbonyl (C=O) groups is 1. The molecule has 1 aliphatic carbocycles. The molecule has 140 valence electrons. The first-order chi connectivity index (χ1) is 12.3. The van der Waals surface area contributed by atoms with E-state index in [2.05, 4.69) is 20.4 Å². The first kappa shape index (κ1) is 18.3. The molecule has 2 aromatic heterocycles. The Morgan fingerprint density at radius 1 is 1.46 bits per heavy atom. The van der Waals surface area contributed by atoms with E-state index >= 15 is 0 Å². The lowest BCUT2D eigenvalue weighted by molar-refractivity contribution is -0.123. The Labute approximate surface area is 151 Å². The highest BCUT2D eigenvalue weighted by Crippen LogP contribution is 2.38. The fraction of sp³-hybridized carbons (Fsp3) is 0.556. The van der Waals surface area contributed by atoms with Crippen molar-refractivity contribution in [3.63, 3.8) is 0 Å². The Kier molecular flexibility index (Phi) is 5.22. The fourth-order valence-corrected chi connectivity index (χ4v) is 3.58. The molecule has 8 nitrogen and oxygen atoms in total. The molecule has 0 spiro atoms. The molecule has 8 heteroatoms. The van der Waals surface area contributed by atoms with Gasteiger partial charge in [0.05, 0.1) is 18.3 Å². The number of hydrogen-bond donors (Lipinski definition) is 3. The smallest absolute Gasteiger partial charge is 0.345 e. The Morgan fingerprint density at radius 3 is 2.77 bits per heavy atom.